The van der Waals surface area contributed by atoms with Crippen molar-refractivity contribution in [2.45, 2.75) is 26.8 Å². The van der Waals surface area contributed by atoms with Crippen LogP contribution in [-0.4, -0.2) is 73.3 Å². The van der Waals surface area contributed by atoms with Gasteiger partial charge in [0.1, 0.15) is 6.04 Å². The number of rotatable bonds is 4. The molecule has 1 heterocycles. The van der Waals surface area contributed by atoms with Crippen LogP contribution in [0.1, 0.15) is 20.8 Å². The summed E-state index contributed by atoms with van der Waals surface area (Å²) in [5.74, 6) is -0.188. The molecule has 0 unspecified atom stereocenters. The monoisotopic (exact) mass is 301 g/mol. The highest BCUT2D eigenvalue weighted by Crippen LogP contribution is 2.06. The van der Waals surface area contributed by atoms with Gasteiger partial charge in [-0.1, -0.05) is 0 Å². The summed E-state index contributed by atoms with van der Waals surface area (Å²) < 4.78 is 9.65. The lowest BCUT2D eigenvalue weighted by Crippen LogP contribution is -2.55. The van der Waals surface area contributed by atoms with Gasteiger partial charge in [0.05, 0.1) is 13.2 Å². The molecule has 3 amide bonds. The lowest BCUT2D eigenvalue weighted by molar-refractivity contribution is -0.134. The van der Waals surface area contributed by atoms with E-state index in [9.17, 15) is 14.4 Å². The zero-order valence-corrected chi connectivity index (χ0v) is 12.8. The maximum absolute atomic E-state index is 12.2. The second kappa shape index (κ2) is 8.33. The summed E-state index contributed by atoms with van der Waals surface area (Å²) in [7, 11) is 0. The van der Waals surface area contributed by atoms with Crippen molar-refractivity contribution in [2.24, 2.45) is 0 Å². The summed E-state index contributed by atoms with van der Waals surface area (Å²) in [4.78, 5) is 38.2. The SMILES string of the molecule is CCOC(=O)N[C@H](C)C(=O)N1CCN(C(=O)OCC)CC1. The van der Waals surface area contributed by atoms with Crippen LogP contribution in [0.4, 0.5) is 9.59 Å². The van der Waals surface area contributed by atoms with Gasteiger partial charge in [0.15, 0.2) is 0 Å². The molecule has 21 heavy (non-hydrogen) atoms. The molecule has 8 heteroatoms. The Bertz CT molecular complexity index is 380. The lowest BCUT2D eigenvalue weighted by atomic mass is 10.2. The Labute approximate surface area is 124 Å². The molecular weight excluding hydrogens is 278 g/mol. The van der Waals surface area contributed by atoms with E-state index in [-0.39, 0.29) is 18.6 Å². The van der Waals surface area contributed by atoms with E-state index in [1.54, 1.807) is 30.6 Å². The summed E-state index contributed by atoms with van der Waals surface area (Å²) in [6.07, 6.45) is -0.967. The Morgan fingerprint density at radius 1 is 1.00 bits per heavy atom. The van der Waals surface area contributed by atoms with E-state index >= 15 is 0 Å². The first kappa shape index (κ1) is 17.1. The van der Waals surface area contributed by atoms with Crippen LogP contribution in [0, 0.1) is 0 Å². The molecule has 0 aromatic rings. The van der Waals surface area contributed by atoms with E-state index in [0.29, 0.717) is 32.8 Å². The van der Waals surface area contributed by atoms with Gasteiger partial charge in [0, 0.05) is 26.2 Å². The summed E-state index contributed by atoms with van der Waals surface area (Å²) in [5, 5.41) is 2.47. The van der Waals surface area contributed by atoms with Crippen LogP contribution in [0.25, 0.3) is 0 Å². The molecular formula is C13H23N3O5. The van der Waals surface area contributed by atoms with Crippen LogP contribution in [0.15, 0.2) is 0 Å². The Hall–Kier alpha value is -1.99. The molecule has 1 aliphatic rings. The molecule has 8 nitrogen and oxygen atoms in total. The number of carbonyl (C=O) groups is 3. The fraction of sp³-hybridized carbons (Fsp3) is 0.769. The minimum Gasteiger partial charge on any atom is -0.450 e. The summed E-state index contributed by atoms with van der Waals surface area (Å²) in [6, 6.07) is -0.654. The number of nitrogens with one attached hydrogen (secondary N) is 1. The molecule has 0 spiro atoms. The molecule has 0 radical (unpaired) electrons. The average molecular weight is 301 g/mol. The van der Waals surface area contributed by atoms with E-state index in [2.05, 4.69) is 5.32 Å². The Kier molecular flexibility index (Phi) is 6.77. The van der Waals surface area contributed by atoms with Crippen LogP contribution < -0.4 is 5.32 Å². The third-order valence-electron chi connectivity index (χ3n) is 3.10. The smallest absolute Gasteiger partial charge is 0.409 e. The van der Waals surface area contributed by atoms with Crippen molar-refractivity contribution >= 4 is 18.1 Å². The van der Waals surface area contributed by atoms with Crippen molar-refractivity contribution in [3.05, 3.63) is 0 Å². The molecule has 0 aromatic heterocycles. The van der Waals surface area contributed by atoms with E-state index < -0.39 is 12.1 Å². The van der Waals surface area contributed by atoms with Crippen molar-refractivity contribution in [1.82, 2.24) is 15.1 Å². The highest BCUT2D eigenvalue weighted by Gasteiger charge is 2.28. The second-order valence-corrected chi connectivity index (χ2v) is 4.60. The number of hydrogen-bond donors (Lipinski definition) is 1. The van der Waals surface area contributed by atoms with Crippen LogP contribution in [0.5, 0.6) is 0 Å². The normalized spacial score (nSPS) is 16.1. The highest BCUT2D eigenvalue weighted by atomic mass is 16.6. The quantitative estimate of drug-likeness (QED) is 0.813. The first-order chi connectivity index (χ1) is 9.99. The van der Waals surface area contributed by atoms with Crippen molar-refractivity contribution in [3.8, 4) is 0 Å². The molecule has 1 N–H and O–H groups in total. The van der Waals surface area contributed by atoms with Gasteiger partial charge in [-0.3, -0.25) is 4.79 Å². The number of ether oxygens (including phenoxy) is 2. The fourth-order valence-corrected chi connectivity index (χ4v) is 2.01. The van der Waals surface area contributed by atoms with Crippen molar-refractivity contribution < 1.29 is 23.9 Å². The van der Waals surface area contributed by atoms with Gasteiger partial charge < -0.3 is 24.6 Å². The van der Waals surface area contributed by atoms with Gasteiger partial charge in [0.25, 0.3) is 0 Å². The number of alkyl carbamates (subject to hydrolysis) is 1. The zero-order chi connectivity index (χ0) is 15.8. The van der Waals surface area contributed by atoms with Crippen LogP contribution in [0.2, 0.25) is 0 Å². The van der Waals surface area contributed by atoms with Crippen molar-refractivity contribution in [3.63, 3.8) is 0 Å². The molecule has 1 rings (SSSR count). The molecule has 1 saturated heterocycles. The van der Waals surface area contributed by atoms with Gasteiger partial charge in [-0.15, -0.1) is 0 Å². The maximum Gasteiger partial charge on any atom is 0.409 e. The largest absolute Gasteiger partial charge is 0.450 e. The van der Waals surface area contributed by atoms with E-state index in [4.69, 9.17) is 9.47 Å². The number of amides is 3. The minimum atomic E-state index is -0.654. The topological polar surface area (TPSA) is 88.2 Å². The third kappa shape index (κ3) is 5.13. The molecule has 1 fully saturated rings. The van der Waals surface area contributed by atoms with Crippen LogP contribution in [-0.2, 0) is 14.3 Å². The van der Waals surface area contributed by atoms with E-state index in [1.807, 2.05) is 0 Å². The summed E-state index contributed by atoms with van der Waals surface area (Å²) in [6.45, 7) is 7.34. The van der Waals surface area contributed by atoms with Gasteiger partial charge in [0.2, 0.25) is 5.91 Å². The molecule has 120 valence electrons. The van der Waals surface area contributed by atoms with Crippen LogP contribution in [0.3, 0.4) is 0 Å². The number of nitrogens with zero attached hydrogens (tertiary/aromatic N) is 2. The first-order valence-corrected chi connectivity index (χ1v) is 7.13. The van der Waals surface area contributed by atoms with E-state index in [0.717, 1.165) is 0 Å². The van der Waals surface area contributed by atoms with Gasteiger partial charge in [-0.25, -0.2) is 9.59 Å². The first-order valence-electron chi connectivity index (χ1n) is 7.13. The zero-order valence-electron chi connectivity index (χ0n) is 12.8. The van der Waals surface area contributed by atoms with E-state index in [1.165, 1.54) is 0 Å². The molecule has 1 atom stereocenters. The second-order valence-electron chi connectivity index (χ2n) is 4.60. The molecule has 0 aliphatic carbocycles. The average Bonchev–Trinajstić information content (AvgIpc) is 2.47. The number of carbonyl (C=O) groups excluding carboxylic acids is 3. The van der Waals surface area contributed by atoms with Gasteiger partial charge in [-0.2, -0.15) is 0 Å². The van der Waals surface area contributed by atoms with Gasteiger partial charge in [-0.05, 0) is 20.8 Å². The van der Waals surface area contributed by atoms with Crippen LogP contribution >= 0.6 is 0 Å². The Balaban J connectivity index is 2.40. The maximum atomic E-state index is 12.2. The standard InChI is InChI=1S/C13H23N3O5/c1-4-20-12(18)14-10(3)11(17)15-6-8-16(9-7-15)13(19)21-5-2/h10H,4-9H2,1-3H3,(H,14,18)/t10-/m1/s1. The predicted octanol–water partition coefficient (Wildman–Crippen LogP) is 0.422. The third-order valence-corrected chi connectivity index (χ3v) is 3.10. The Morgan fingerprint density at radius 3 is 2.05 bits per heavy atom. The number of piperazine rings is 1. The molecule has 0 aromatic carbocycles. The summed E-state index contributed by atoms with van der Waals surface area (Å²) in [5.41, 5.74) is 0. The van der Waals surface area contributed by atoms with Gasteiger partial charge >= 0.3 is 12.2 Å². The fourth-order valence-electron chi connectivity index (χ4n) is 2.01. The lowest BCUT2D eigenvalue weighted by Gasteiger charge is -2.35. The molecule has 0 saturated carbocycles. The molecule has 1 aliphatic heterocycles. The minimum absolute atomic E-state index is 0.188. The van der Waals surface area contributed by atoms with Crippen molar-refractivity contribution in [2.75, 3.05) is 39.4 Å². The Morgan fingerprint density at radius 2 is 1.52 bits per heavy atom. The van der Waals surface area contributed by atoms with Crippen molar-refractivity contribution in [1.29, 1.82) is 0 Å². The molecule has 0 bridgehead atoms. The number of hydrogen-bond acceptors (Lipinski definition) is 5. The predicted molar refractivity (Wildman–Crippen MR) is 74.8 cm³/mol. The highest BCUT2D eigenvalue weighted by molar-refractivity contribution is 5.85. The summed E-state index contributed by atoms with van der Waals surface area (Å²) >= 11 is 0.